The van der Waals surface area contributed by atoms with E-state index in [1.165, 1.54) is 0 Å². The zero-order valence-corrected chi connectivity index (χ0v) is 22.0. The highest BCUT2D eigenvalue weighted by molar-refractivity contribution is 6.02. The van der Waals surface area contributed by atoms with E-state index in [1.54, 1.807) is 4.90 Å². The van der Waals surface area contributed by atoms with Gasteiger partial charge in [0.1, 0.15) is 6.23 Å². The number of H-pyrrole nitrogens is 1. The Bertz CT molecular complexity index is 1480. The van der Waals surface area contributed by atoms with Gasteiger partial charge in [-0.1, -0.05) is 6.07 Å². The lowest BCUT2D eigenvalue weighted by molar-refractivity contribution is -0.0394. The van der Waals surface area contributed by atoms with Gasteiger partial charge in [-0.05, 0) is 74.8 Å². The summed E-state index contributed by atoms with van der Waals surface area (Å²) in [5.74, 6) is 0.809. The summed E-state index contributed by atoms with van der Waals surface area (Å²) in [5, 5.41) is 24.5. The second kappa shape index (κ2) is 9.68. The fourth-order valence-electron chi connectivity index (χ4n) is 6.81. The lowest BCUT2D eigenvalue weighted by Gasteiger charge is -2.41. The summed E-state index contributed by atoms with van der Waals surface area (Å²) in [5.41, 5.74) is 4.99. The van der Waals surface area contributed by atoms with E-state index < -0.39 is 6.09 Å². The highest BCUT2D eigenvalue weighted by Crippen LogP contribution is 2.39. The van der Waals surface area contributed by atoms with E-state index in [0.717, 1.165) is 90.7 Å². The Morgan fingerprint density at radius 1 is 1.05 bits per heavy atom. The van der Waals surface area contributed by atoms with Gasteiger partial charge in [0.25, 0.3) is 0 Å². The monoisotopic (exact) mass is 527 g/mol. The van der Waals surface area contributed by atoms with E-state index in [0.29, 0.717) is 0 Å². The summed E-state index contributed by atoms with van der Waals surface area (Å²) in [7, 11) is 2.04. The van der Waals surface area contributed by atoms with E-state index in [2.05, 4.69) is 49.6 Å². The third-order valence-electron chi connectivity index (χ3n) is 8.85. The van der Waals surface area contributed by atoms with Gasteiger partial charge in [-0.25, -0.2) is 9.48 Å². The topological polar surface area (TPSA) is 112 Å². The summed E-state index contributed by atoms with van der Waals surface area (Å²) < 4.78 is 7.85. The van der Waals surface area contributed by atoms with Gasteiger partial charge in [0, 0.05) is 60.7 Å². The van der Waals surface area contributed by atoms with E-state index in [9.17, 15) is 9.90 Å². The fraction of sp³-hybridized carbons (Fsp3) is 0.448. The summed E-state index contributed by atoms with van der Waals surface area (Å²) in [6, 6.07) is 10.8. The molecular weight excluding hydrogens is 494 g/mol. The maximum Gasteiger partial charge on any atom is 0.407 e. The Kier molecular flexibility index (Phi) is 5.99. The van der Waals surface area contributed by atoms with Crippen molar-refractivity contribution in [3.63, 3.8) is 0 Å². The van der Waals surface area contributed by atoms with Crippen molar-refractivity contribution in [3.05, 3.63) is 48.9 Å². The minimum Gasteiger partial charge on any atom is -0.465 e. The fourth-order valence-corrected chi connectivity index (χ4v) is 6.81. The number of rotatable bonds is 5. The van der Waals surface area contributed by atoms with E-state index >= 15 is 0 Å². The number of nitrogens with zero attached hydrogens (tertiary/aromatic N) is 6. The lowest BCUT2D eigenvalue weighted by Crippen LogP contribution is -2.51. The molecule has 1 aromatic carbocycles. The average molecular weight is 528 g/mol. The molecule has 2 unspecified atom stereocenters. The van der Waals surface area contributed by atoms with E-state index in [4.69, 9.17) is 4.74 Å². The number of anilines is 1. The first-order valence-corrected chi connectivity index (χ1v) is 13.9. The number of aromatic nitrogens is 5. The molecule has 0 saturated carbocycles. The highest BCUT2D eigenvalue weighted by Gasteiger charge is 2.44. The van der Waals surface area contributed by atoms with Gasteiger partial charge < -0.3 is 24.6 Å². The van der Waals surface area contributed by atoms with Crippen LogP contribution in [0.15, 0.2) is 48.9 Å². The first-order valence-electron chi connectivity index (χ1n) is 13.9. The Labute approximate surface area is 226 Å². The maximum atomic E-state index is 11.7. The molecule has 10 nitrogen and oxygen atoms in total. The lowest BCUT2D eigenvalue weighted by atomic mass is 9.96. The Hall–Kier alpha value is -3.92. The molecule has 7 rings (SSSR count). The molecule has 3 fully saturated rings. The molecule has 2 N–H and O–H groups in total. The van der Waals surface area contributed by atoms with Crippen LogP contribution >= 0.6 is 0 Å². The molecule has 10 heteroatoms. The number of ether oxygens (including phenoxy) is 1. The van der Waals surface area contributed by atoms with Crippen molar-refractivity contribution in [2.24, 2.45) is 0 Å². The number of nitrogens with one attached hydrogen (secondary N) is 1. The van der Waals surface area contributed by atoms with Crippen molar-refractivity contribution in [2.45, 2.75) is 69.3 Å². The van der Waals surface area contributed by atoms with Crippen molar-refractivity contribution in [3.8, 4) is 22.4 Å². The molecule has 0 spiro atoms. The van der Waals surface area contributed by atoms with Gasteiger partial charge in [-0.15, -0.1) is 10.2 Å². The number of carboxylic acid groups (broad SMARTS) is 1. The number of carbonyl (C=O) groups is 1. The van der Waals surface area contributed by atoms with Crippen molar-refractivity contribution < 1.29 is 14.6 Å². The van der Waals surface area contributed by atoms with Crippen LogP contribution in [0, 0.1) is 0 Å². The molecule has 1 amide bonds. The van der Waals surface area contributed by atoms with Crippen molar-refractivity contribution in [1.29, 1.82) is 0 Å². The SMILES string of the molecule is CN(c1ccc(-c2ccc(-c3cnn(C4CCCCO4)c3)c3cc[nH]c23)nn1)C1C[C@H]2CC[C@@H](C1)N2C(=O)O. The van der Waals surface area contributed by atoms with Crippen molar-refractivity contribution in [1.82, 2.24) is 29.9 Å². The van der Waals surface area contributed by atoms with Gasteiger partial charge in [0.15, 0.2) is 5.82 Å². The predicted octanol–water partition coefficient (Wildman–Crippen LogP) is 5.30. The van der Waals surface area contributed by atoms with Crippen LogP contribution in [0.1, 0.15) is 51.2 Å². The van der Waals surface area contributed by atoms with Crippen LogP contribution in [0.4, 0.5) is 10.6 Å². The van der Waals surface area contributed by atoms with Gasteiger partial charge in [0.2, 0.25) is 0 Å². The summed E-state index contributed by atoms with van der Waals surface area (Å²) >= 11 is 0. The Morgan fingerprint density at radius 3 is 2.59 bits per heavy atom. The Morgan fingerprint density at radius 2 is 1.87 bits per heavy atom. The number of benzene rings is 1. The smallest absolute Gasteiger partial charge is 0.407 e. The zero-order chi connectivity index (χ0) is 26.5. The molecule has 3 aliphatic rings. The molecule has 0 radical (unpaired) electrons. The standard InChI is InChI=1S/C29H33N7O3/c1-34(21-14-19-5-6-20(15-21)36(19)29(37)38)26-10-9-25(32-33-26)24-8-7-22(23-11-12-30-28(23)24)18-16-31-35(17-18)27-4-2-3-13-39-27/h7-12,16-17,19-21,27,30H,2-6,13-15H2,1H3,(H,37,38)/t19-,20+,21?,27?. The predicted molar refractivity (Wildman–Crippen MR) is 147 cm³/mol. The van der Waals surface area contributed by atoms with Crippen LogP contribution < -0.4 is 4.90 Å². The van der Waals surface area contributed by atoms with Crippen molar-refractivity contribution >= 4 is 22.8 Å². The maximum absolute atomic E-state index is 11.7. The summed E-state index contributed by atoms with van der Waals surface area (Å²) in [6.07, 6.45) is 12.0. The molecule has 0 aliphatic carbocycles. The molecule has 4 atom stereocenters. The van der Waals surface area contributed by atoms with Gasteiger partial charge in [-0.3, -0.25) is 0 Å². The first-order chi connectivity index (χ1) is 19.1. The van der Waals surface area contributed by atoms with Gasteiger partial charge >= 0.3 is 6.09 Å². The quantitative estimate of drug-likeness (QED) is 0.362. The number of hydrogen-bond acceptors (Lipinski definition) is 6. The molecule has 3 aliphatic heterocycles. The molecule has 4 aromatic rings. The number of piperidine rings is 1. The van der Waals surface area contributed by atoms with Crippen LogP contribution in [0.3, 0.4) is 0 Å². The van der Waals surface area contributed by atoms with Crippen LogP contribution in [0.2, 0.25) is 0 Å². The Balaban J connectivity index is 1.12. The number of fused-ring (bicyclic) bond motifs is 3. The third kappa shape index (κ3) is 4.23. The van der Waals surface area contributed by atoms with Gasteiger partial charge in [-0.2, -0.15) is 5.10 Å². The zero-order valence-electron chi connectivity index (χ0n) is 22.0. The number of aromatic amines is 1. The van der Waals surface area contributed by atoms with Crippen LogP contribution in [0.5, 0.6) is 0 Å². The average Bonchev–Trinajstić information content (AvgIpc) is 3.71. The normalized spacial score (nSPS) is 24.8. The van der Waals surface area contributed by atoms with Crippen LogP contribution in [0.25, 0.3) is 33.3 Å². The molecule has 2 bridgehead atoms. The van der Waals surface area contributed by atoms with E-state index in [-0.39, 0.29) is 24.4 Å². The number of amides is 1. The number of hydrogen-bond donors (Lipinski definition) is 2. The van der Waals surface area contributed by atoms with Crippen molar-refractivity contribution in [2.75, 3.05) is 18.6 Å². The summed E-state index contributed by atoms with van der Waals surface area (Å²) in [6.45, 7) is 0.789. The van der Waals surface area contributed by atoms with Crippen LogP contribution in [-0.2, 0) is 4.74 Å². The largest absolute Gasteiger partial charge is 0.465 e. The molecule has 3 aromatic heterocycles. The minimum absolute atomic E-state index is 0.0142. The minimum atomic E-state index is -0.790. The highest BCUT2D eigenvalue weighted by atomic mass is 16.5. The molecule has 202 valence electrons. The first kappa shape index (κ1) is 24.1. The third-order valence-corrected chi connectivity index (χ3v) is 8.85. The molecule has 39 heavy (non-hydrogen) atoms. The van der Waals surface area contributed by atoms with Gasteiger partial charge in [0.05, 0.1) is 17.4 Å². The van der Waals surface area contributed by atoms with Crippen LogP contribution in [-0.4, -0.2) is 72.8 Å². The molecule has 3 saturated heterocycles. The second-order valence-electron chi connectivity index (χ2n) is 11.0. The molecule has 6 heterocycles. The second-order valence-corrected chi connectivity index (χ2v) is 11.0. The van der Waals surface area contributed by atoms with E-state index in [1.807, 2.05) is 36.3 Å². The summed E-state index contributed by atoms with van der Waals surface area (Å²) in [4.78, 5) is 18.9. The molecular formula is C29H33N7O3.